The summed E-state index contributed by atoms with van der Waals surface area (Å²) in [5.41, 5.74) is 4.95. The van der Waals surface area contributed by atoms with Crippen molar-refractivity contribution >= 4 is 11.9 Å². The summed E-state index contributed by atoms with van der Waals surface area (Å²) in [6.07, 6.45) is 2.84. The number of nitriles is 1. The first-order chi connectivity index (χ1) is 7.63. The maximum Gasteiger partial charge on any atom is 0.326 e. The lowest BCUT2D eigenvalue weighted by Gasteiger charge is -2.24. The third-order valence-electron chi connectivity index (χ3n) is 2.42. The van der Waals surface area contributed by atoms with Gasteiger partial charge in [-0.2, -0.15) is 5.26 Å². The van der Waals surface area contributed by atoms with Crippen LogP contribution in [-0.2, 0) is 14.4 Å². The molecule has 1 amide bonds. The van der Waals surface area contributed by atoms with Crippen LogP contribution in [0.15, 0.2) is 0 Å². The summed E-state index contributed by atoms with van der Waals surface area (Å²) >= 11 is 0. The molecule has 1 aliphatic heterocycles. The van der Waals surface area contributed by atoms with Crippen LogP contribution in [0.25, 0.3) is 0 Å². The van der Waals surface area contributed by atoms with Crippen molar-refractivity contribution in [3.05, 3.63) is 0 Å². The van der Waals surface area contributed by atoms with Gasteiger partial charge in [0.2, 0.25) is 5.91 Å². The van der Waals surface area contributed by atoms with E-state index < -0.39 is 17.8 Å². The van der Waals surface area contributed by atoms with Gasteiger partial charge in [0.15, 0.2) is 0 Å². The van der Waals surface area contributed by atoms with E-state index in [0.29, 0.717) is 13.1 Å². The monoisotopic (exact) mass is 225 g/mol. The highest BCUT2D eigenvalue weighted by Crippen LogP contribution is 2.11. The van der Waals surface area contributed by atoms with Gasteiger partial charge in [-0.1, -0.05) is 6.42 Å². The zero-order valence-corrected chi connectivity index (χ0v) is 9.02. The number of nitrogens with two attached hydrogens (primary N) is 1. The minimum atomic E-state index is -1.10. The summed E-state index contributed by atoms with van der Waals surface area (Å²) in [6.45, 7) is 1.42. The molecule has 1 atom stereocenters. The van der Waals surface area contributed by atoms with Crippen LogP contribution >= 0.6 is 0 Å². The van der Waals surface area contributed by atoms with Crippen LogP contribution < -0.4 is 5.73 Å². The Kier molecular flexibility index (Phi) is 4.73. The number of amides is 1. The number of piperidine rings is 1. The van der Waals surface area contributed by atoms with E-state index in [-0.39, 0.29) is 6.42 Å². The minimum Gasteiger partial charge on any atom is -0.369 e. The Morgan fingerprint density at radius 2 is 2.00 bits per heavy atom. The summed E-state index contributed by atoms with van der Waals surface area (Å²) in [5.74, 6) is -2.47. The molecule has 0 radical (unpaired) electrons. The van der Waals surface area contributed by atoms with Crippen LogP contribution in [0.5, 0.6) is 0 Å². The van der Waals surface area contributed by atoms with Gasteiger partial charge >= 0.3 is 5.97 Å². The molecule has 16 heavy (non-hydrogen) atoms. The number of hydrogen-bond acceptors (Lipinski definition) is 5. The molecule has 6 nitrogen and oxygen atoms in total. The Morgan fingerprint density at radius 3 is 2.50 bits per heavy atom. The van der Waals surface area contributed by atoms with Crippen molar-refractivity contribution in [1.82, 2.24) is 5.06 Å². The predicted molar refractivity (Wildman–Crippen MR) is 54.4 cm³/mol. The average molecular weight is 225 g/mol. The molecule has 6 heteroatoms. The van der Waals surface area contributed by atoms with Gasteiger partial charge < -0.3 is 10.6 Å². The molecule has 1 rings (SSSR count). The van der Waals surface area contributed by atoms with Crippen molar-refractivity contribution in [2.75, 3.05) is 13.1 Å². The number of hydroxylamine groups is 2. The smallest absolute Gasteiger partial charge is 0.326 e. The molecule has 2 N–H and O–H groups in total. The van der Waals surface area contributed by atoms with Crippen LogP contribution in [-0.4, -0.2) is 30.0 Å². The van der Waals surface area contributed by atoms with E-state index in [1.54, 1.807) is 11.1 Å². The molecule has 1 heterocycles. The van der Waals surface area contributed by atoms with Crippen LogP contribution in [0, 0.1) is 17.2 Å². The molecule has 88 valence electrons. The summed E-state index contributed by atoms with van der Waals surface area (Å²) in [5, 5.41) is 10.1. The molecule has 0 aliphatic carbocycles. The molecule has 1 saturated heterocycles. The van der Waals surface area contributed by atoms with E-state index >= 15 is 0 Å². The standard InChI is InChI=1S/C10H15N3O3/c11-7-8(10(12)15)6-9(14)16-13-4-2-1-3-5-13/h8H,1-6H2,(H2,12,15). The molecule has 0 aromatic rings. The van der Waals surface area contributed by atoms with E-state index in [9.17, 15) is 9.59 Å². The van der Waals surface area contributed by atoms with Crippen molar-refractivity contribution in [3.8, 4) is 6.07 Å². The van der Waals surface area contributed by atoms with E-state index in [1.807, 2.05) is 0 Å². The quantitative estimate of drug-likeness (QED) is 0.723. The van der Waals surface area contributed by atoms with Crippen LogP contribution in [0.1, 0.15) is 25.7 Å². The minimum absolute atomic E-state index is 0.275. The molecule has 0 bridgehead atoms. The van der Waals surface area contributed by atoms with Crippen molar-refractivity contribution < 1.29 is 14.4 Å². The lowest BCUT2D eigenvalue weighted by atomic mass is 10.1. The normalized spacial score (nSPS) is 18.4. The maximum atomic E-state index is 11.4. The van der Waals surface area contributed by atoms with Gasteiger partial charge in [-0.05, 0) is 12.8 Å². The number of carbonyl (C=O) groups is 2. The van der Waals surface area contributed by atoms with Crippen LogP contribution in [0.4, 0.5) is 0 Å². The number of primary amides is 1. The number of carbonyl (C=O) groups excluding carboxylic acids is 2. The molecule has 1 aliphatic rings. The second-order valence-electron chi connectivity index (χ2n) is 3.74. The van der Waals surface area contributed by atoms with E-state index in [0.717, 1.165) is 19.3 Å². The van der Waals surface area contributed by atoms with Gasteiger partial charge in [-0.25, -0.2) is 0 Å². The van der Waals surface area contributed by atoms with Crippen molar-refractivity contribution in [3.63, 3.8) is 0 Å². The predicted octanol–water partition coefficient (Wildman–Crippen LogP) is -0.0543. The van der Waals surface area contributed by atoms with Crippen LogP contribution in [0.2, 0.25) is 0 Å². The lowest BCUT2D eigenvalue weighted by molar-refractivity contribution is -0.195. The lowest BCUT2D eigenvalue weighted by Crippen LogP contribution is -2.34. The first-order valence-electron chi connectivity index (χ1n) is 5.28. The Balaban J connectivity index is 2.34. The van der Waals surface area contributed by atoms with Gasteiger partial charge in [0, 0.05) is 13.1 Å². The zero-order valence-electron chi connectivity index (χ0n) is 9.02. The van der Waals surface area contributed by atoms with Crippen LogP contribution in [0.3, 0.4) is 0 Å². The second kappa shape index (κ2) is 6.08. The molecule has 0 aromatic heterocycles. The third-order valence-corrected chi connectivity index (χ3v) is 2.42. The van der Waals surface area contributed by atoms with Crippen molar-refractivity contribution in [2.45, 2.75) is 25.7 Å². The molecular weight excluding hydrogens is 210 g/mol. The van der Waals surface area contributed by atoms with Gasteiger partial charge in [-0.15, -0.1) is 5.06 Å². The third kappa shape index (κ3) is 3.87. The van der Waals surface area contributed by atoms with E-state index in [2.05, 4.69) is 0 Å². The topological polar surface area (TPSA) is 96.4 Å². The first kappa shape index (κ1) is 12.5. The van der Waals surface area contributed by atoms with Gasteiger partial charge in [-0.3, -0.25) is 9.59 Å². The van der Waals surface area contributed by atoms with Gasteiger partial charge in [0.1, 0.15) is 5.92 Å². The summed E-state index contributed by atoms with van der Waals surface area (Å²) in [7, 11) is 0. The first-order valence-corrected chi connectivity index (χ1v) is 5.28. The SMILES string of the molecule is N#CC(CC(=O)ON1CCCCC1)C(N)=O. The second-order valence-corrected chi connectivity index (χ2v) is 3.74. The van der Waals surface area contributed by atoms with Crippen molar-refractivity contribution in [2.24, 2.45) is 11.7 Å². The number of hydrogen-bond donors (Lipinski definition) is 1. The molecule has 0 spiro atoms. The summed E-state index contributed by atoms with van der Waals surface area (Å²) in [6, 6.07) is 1.68. The maximum absolute atomic E-state index is 11.4. The largest absolute Gasteiger partial charge is 0.369 e. The number of rotatable bonds is 4. The zero-order chi connectivity index (χ0) is 12.0. The molecular formula is C10H15N3O3. The fourth-order valence-electron chi connectivity index (χ4n) is 1.51. The Hall–Kier alpha value is -1.61. The Morgan fingerprint density at radius 1 is 1.38 bits per heavy atom. The Bertz CT molecular complexity index is 305. The highest BCUT2D eigenvalue weighted by Gasteiger charge is 2.22. The molecule has 1 fully saturated rings. The molecule has 0 saturated carbocycles. The van der Waals surface area contributed by atoms with E-state index in [1.165, 1.54) is 0 Å². The highest BCUT2D eigenvalue weighted by atomic mass is 16.7. The molecule has 1 unspecified atom stereocenters. The van der Waals surface area contributed by atoms with Gasteiger partial charge in [0.25, 0.3) is 0 Å². The summed E-state index contributed by atoms with van der Waals surface area (Å²) in [4.78, 5) is 27.1. The van der Waals surface area contributed by atoms with E-state index in [4.69, 9.17) is 15.8 Å². The Labute approximate surface area is 93.9 Å². The average Bonchev–Trinajstić information content (AvgIpc) is 2.27. The summed E-state index contributed by atoms with van der Waals surface area (Å²) < 4.78 is 0. The van der Waals surface area contributed by atoms with Crippen molar-refractivity contribution in [1.29, 1.82) is 5.26 Å². The fraction of sp³-hybridized carbons (Fsp3) is 0.700. The number of nitrogens with zero attached hydrogens (tertiary/aromatic N) is 2. The van der Waals surface area contributed by atoms with Gasteiger partial charge in [0.05, 0.1) is 12.5 Å². The fourth-order valence-corrected chi connectivity index (χ4v) is 1.51. The molecule has 0 aromatic carbocycles. The highest BCUT2D eigenvalue weighted by molar-refractivity contribution is 5.84.